The average molecular weight is 298 g/mol. The van der Waals surface area contributed by atoms with Crippen LogP contribution >= 0.6 is 0 Å². The van der Waals surface area contributed by atoms with Crippen LogP contribution in [0, 0.1) is 0 Å². The van der Waals surface area contributed by atoms with Gasteiger partial charge in [0.2, 0.25) is 5.95 Å². The van der Waals surface area contributed by atoms with Gasteiger partial charge in [0.25, 0.3) is 0 Å². The maximum Gasteiger partial charge on any atom is 0.223 e. The van der Waals surface area contributed by atoms with E-state index in [-0.39, 0.29) is 0 Å². The standard InChI is InChI=1S/C16H22N6/c1-12-11-22(8-7-18-12)15-9-14(20-16(17)21-15)19-10-13-5-3-2-4-6-13/h2-6,9,12,18H,7-8,10-11H2,1H3,(H3,17,19,20,21)/t12-/m1/s1. The van der Waals surface area contributed by atoms with Crippen molar-refractivity contribution >= 4 is 17.6 Å². The van der Waals surface area contributed by atoms with Crippen LogP contribution in [0.1, 0.15) is 12.5 Å². The van der Waals surface area contributed by atoms with Crippen molar-refractivity contribution in [2.45, 2.75) is 19.5 Å². The normalized spacial score (nSPS) is 18.2. The summed E-state index contributed by atoms with van der Waals surface area (Å²) in [6.45, 7) is 5.70. The molecule has 1 fully saturated rings. The van der Waals surface area contributed by atoms with Crippen LogP contribution in [-0.4, -0.2) is 35.6 Å². The highest BCUT2D eigenvalue weighted by Gasteiger charge is 2.18. The number of piperazine rings is 1. The van der Waals surface area contributed by atoms with Crippen molar-refractivity contribution < 1.29 is 0 Å². The van der Waals surface area contributed by atoms with E-state index in [1.54, 1.807) is 0 Å². The number of hydrogen-bond donors (Lipinski definition) is 3. The lowest BCUT2D eigenvalue weighted by Crippen LogP contribution is -2.49. The summed E-state index contributed by atoms with van der Waals surface area (Å²) in [5.74, 6) is 1.95. The molecule has 1 aromatic carbocycles. The lowest BCUT2D eigenvalue weighted by Gasteiger charge is -2.32. The van der Waals surface area contributed by atoms with E-state index in [0.29, 0.717) is 18.5 Å². The number of nitrogens with two attached hydrogens (primary N) is 1. The minimum Gasteiger partial charge on any atom is -0.368 e. The molecule has 4 N–H and O–H groups in total. The Hall–Kier alpha value is -2.34. The van der Waals surface area contributed by atoms with Crippen molar-refractivity contribution in [1.82, 2.24) is 15.3 Å². The molecule has 1 aliphatic rings. The van der Waals surface area contributed by atoms with Gasteiger partial charge in [-0.05, 0) is 12.5 Å². The number of nitrogens with one attached hydrogen (secondary N) is 2. The Morgan fingerprint density at radius 2 is 2.14 bits per heavy atom. The minimum absolute atomic E-state index is 0.305. The van der Waals surface area contributed by atoms with Crippen LogP contribution in [0.2, 0.25) is 0 Å². The maximum atomic E-state index is 5.87. The molecule has 1 aromatic heterocycles. The van der Waals surface area contributed by atoms with Crippen molar-refractivity contribution in [2.24, 2.45) is 0 Å². The van der Waals surface area contributed by atoms with Gasteiger partial charge in [-0.1, -0.05) is 30.3 Å². The fourth-order valence-electron chi connectivity index (χ4n) is 2.63. The molecule has 116 valence electrons. The third-order valence-electron chi connectivity index (χ3n) is 3.74. The summed E-state index contributed by atoms with van der Waals surface area (Å²) in [7, 11) is 0. The molecule has 1 atom stereocenters. The number of hydrogen-bond acceptors (Lipinski definition) is 6. The Balaban J connectivity index is 1.72. The molecule has 0 spiro atoms. The van der Waals surface area contributed by atoms with Crippen molar-refractivity contribution in [3.05, 3.63) is 42.0 Å². The molecule has 1 aliphatic heterocycles. The molecule has 0 unspecified atom stereocenters. The highest BCUT2D eigenvalue weighted by Crippen LogP contribution is 2.19. The van der Waals surface area contributed by atoms with Gasteiger partial charge in [0, 0.05) is 38.3 Å². The molecule has 0 aliphatic carbocycles. The molecule has 22 heavy (non-hydrogen) atoms. The third-order valence-corrected chi connectivity index (χ3v) is 3.74. The van der Waals surface area contributed by atoms with Crippen LogP contribution in [0.25, 0.3) is 0 Å². The third kappa shape index (κ3) is 3.65. The van der Waals surface area contributed by atoms with Crippen molar-refractivity contribution in [3.8, 4) is 0 Å². The zero-order valence-electron chi connectivity index (χ0n) is 12.8. The Morgan fingerprint density at radius 3 is 2.91 bits per heavy atom. The van der Waals surface area contributed by atoms with Crippen LogP contribution < -0.4 is 21.3 Å². The number of nitrogens with zero attached hydrogens (tertiary/aromatic N) is 3. The fraction of sp³-hybridized carbons (Fsp3) is 0.375. The molecule has 6 nitrogen and oxygen atoms in total. The topological polar surface area (TPSA) is 79.1 Å². The van der Waals surface area contributed by atoms with Crippen LogP contribution in [0.5, 0.6) is 0 Å². The second kappa shape index (κ2) is 6.62. The van der Waals surface area contributed by atoms with Gasteiger partial charge >= 0.3 is 0 Å². The second-order valence-electron chi connectivity index (χ2n) is 5.61. The lowest BCUT2D eigenvalue weighted by molar-refractivity contribution is 0.482. The van der Waals surface area contributed by atoms with E-state index in [2.05, 4.69) is 44.6 Å². The summed E-state index contributed by atoms with van der Waals surface area (Å²) in [5, 5.41) is 6.74. The molecule has 3 rings (SSSR count). The van der Waals surface area contributed by atoms with Crippen LogP contribution in [0.4, 0.5) is 17.6 Å². The first-order chi connectivity index (χ1) is 10.7. The maximum absolute atomic E-state index is 5.87. The van der Waals surface area contributed by atoms with Gasteiger partial charge in [0.05, 0.1) is 0 Å². The van der Waals surface area contributed by atoms with Crippen LogP contribution in [0.3, 0.4) is 0 Å². The Bertz CT molecular complexity index is 615. The molecule has 0 bridgehead atoms. The summed E-state index contributed by atoms with van der Waals surface area (Å²) < 4.78 is 0. The summed E-state index contributed by atoms with van der Waals surface area (Å²) in [5.41, 5.74) is 7.07. The molecule has 2 aromatic rings. The number of benzene rings is 1. The lowest BCUT2D eigenvalue weighted by atomic mass is 10.2. The van der Waals surface area contributed by atoms with E-state index >= 15 is 0 Å². The van der Waals surface area contributed by atoms with Crippen molar-refractivity contribution in [3.63, 3.8) is 0 Å². The highest BCUT2D eigenvalue weighted by atomic mass is 15.3. The van der Waals surface area contributed by atoms with E-state index in [0.717, 1.165) is 31.3 Å². The number of nitrogen functional groups attached to an aromatic ring is 1. The molecular weight excluding hydrogens is 276 g/mol. The van der Waals surface area contributed by atoms with Crippen LogP contribution in [-0.2, 0) is 6.54 Å². The molecule has 0 radical (unpaired) electrons. The predicted molar refractivity (Wildman–Crippen MR) is 89.9 cm³/mol. The Morgan fingerprint density at radius 1 is 1.32 bits per heavy atom. The minimum atomic E-state index is 0.305. The van der Waals surface area contributed by atoms with Crippen molar-refractivity contribution in [2.75, 3.05) is 35.6 Å². The first kappa shape index (κ1) is 14.6. The van der Waals surface area contributed by atoms with E-state index in [4.69, 9.17) is 5.73 Å². The SMILES string of the molecule is C[C@@H]1CN(c2cc(NCc3ccccc3)nc(N)n2)CCN1. The summed E-state index contributed by atoms with van der Waals surface area (Å²) in [6, 6.07) is 12.6. The largest absolute Gasteiger partial charge is 0.368 e. The van der Waals surface area contributed by atoms with E-state index < -0.39 is 0 Å². The van der Waals surface area contributed by atoms with Gasteiger partial charge in [-0.3, -0.25) is 0 Å². The number of aromatic nitrogens is 2. The molecule has 1 saturated heterocycles. The molecular formula is C16H22N6. The van der Waals surface area contributed by atoms with Gasteiger partial charge < -0.3 is 21.3 Å². The van der Waals surface area contributed by atoms with E-state index in [1.165, 1.54) is 5.56 Å². The zero-order chi connectivity index (χ0) is 15.4. The smallest absolute Gasteiger partial charge is 0.223 e. The quantitative estimate of drug-likeness (QED) is 0.793. The Labute approximate surface area is 130 Å². The predicted octanol–water partition coefficient (Wildman–Crippen LogP) is 1.47. The summed E-state index contributed by atoms with van der Waals surface area (Å²) in [4.78, 5) is 10.9. The first-order valence-electron chi connectivity index (χ1n) is 7.61. The highest BCUT2D eigenvalue weighted by molar-refractivity contribution is 5.53. The average Bonchev–Trinajstić information content (AvgIpc) is 2.53. The molecule has 2 heterocycles. The molecule has 6 heteroatoms. The molecule has 0 amide bonds. The zero-order valence-corrected chi connectivity index (χ0v) is 12.8. The fourth-order valence-corrected chi connectivity index (χ4v) is 2.63. The Kier molecular flexibility index (Phi) is 4.39. The number of rotatable bonds is 4. The molecule has 0 saturated carbocycles. The van der Waals surface area contributed by atoms with E-state index in [9.17, 15) is 0 Å². The van der Waals surface area contributed by atoms with Gasteiger partial charge in [-0.25, -0.2) is 0 Å². The van der Waals surface area contributed by atoms with Crippen LogP contribution in [0.15, 0.2) is 36.4 Å². The van der Waals surface area contributed by atoms with Gasteiger partial charge in [0.15, 0.2) is 0 Å². The van der Waals surface area contributed by atoms with Gasteiger partial charge in [-0.15, -0.1) is 0 Å². The van der Waals surface area contributed by atoms with E-state index in [1.807, 2.05) is 24.3 Å². The second-order valence-corrected chi connectivity index (χ2v) is 5.61. The number of anilines is 3. The summed E-state index contributed by atoms with van der Waals surface area (Å²) in [6.07, 6.45) is 0. The summed E-state index contributed by atoms with van der Waals surface area (Å²) >= 11 is 0. The van der Waals surface area contributed by atoms with Gasteiger partial charge in [0.1, 0.15) is 11.6 Å². The first-order valence-corrected chi connectivity index (χ1v) is 7.61. The van der Waals surface area contributed by atoms with Gasteiger partial charge in [-0.2, -0.15) is 9.97 Å². The van der Waals surface area contributed by atoms with Crippen molar-refractivity contribution in [1.29, 1.82) is 0 Å². The monoisotopic (exact) mass is 298 g/mol.